The number of rotatable bonds is 5. The van der Waals surface area contributed by atoms with Crippen LogP contribution in [0.15, 0.2) is 29.4 Å². The third-order valence-electron chi connectivity index (χ3n) is 4.63. The number of benzene rings is 1. The SMILES string of the molecule is Cc1ccccc1-c1nnc(S[C@@H](C)C(=O)Nc2c(C)nn(C)c2C)n1C. The number of carbonyl (C=O) groups is 1. The molecule has 0 unspecified atom stereocenters. The van der Waals surface area contributed by atoms with E-state index in [0.717, 1.165) is 34.0 Å². The maximum atomic E-state index is 12.6. The number of nitrogens with one attached hydrogen (secondary N) is 1. The monoisotopic (exact) mass is 384 g/mol. The molecule has 142 valence electrons. The molecule has 2 aromatic heterocycles. The Morgan fingerprint density at radius 2 is 1.85 bits per heavy atom. The van der Waals surface area contributed by atoms with Gasteiger partial charge in [-0.15, -0.1) is 10.2 Å². The van der Waals surface area contributed by atoms with Gasteiger partial charge in [-0.2, -0.15) is 5.10 Å². The molecule has 1 amide bonds. The van der Waals surface area contributed by atoms with E-state index in [1.807, 2.05) is 70.6 Å². The second-order valence-corrected chi connectivity index (χ2v) is 7.91. The summed E-state index contributed by atoms with van der Waals surface area (Å²) in [5.41, 5.74) is 4.68. The maximum absolute atomic E-state index is 12.6. The van der Waals surface area contributed by atoms with E-state index in [9.17, 15) is 4.79 Å². The molecule has 0 aliphatic rings. The van der Waals surface area contributed by atoms with Crippen molar-refractivity contribution in [2.24, 2.45) is 14.1 Å². The Balaban J connectivity index is 1.76. The molecule has 0 fully saturated rings. The number of aromatic nitrogens is 5. The lowest BCUT2D eigenvalue weighted by Crippen LogP contribution is -2.23. The first-order valence-electron chi connectivity index (χ1n) is 8.72. The molecule has 0 aliphatic carbocycles. The van der Waals surface area contributed by atoms with E-state index in [2.05, 4.69) is 20.6 Å². The van der Waals surface area contributed by atoms with Crippen molar-refractivity contribution in [1.82, 2.24) is 24.5 Å². The maximum Gasteiger partial charge on any atom is 0.237 e. The van der Waals surface area contributed by atoms with Crippen LogP contribution in [0.25, 0.3) is 11.4 Å². The van der Waals surface area contributed by atoms with Gasteiger partial charge in [0.15, 0.2) is 11.0 Å². The molecule has 1 aromatic carbocycles. The average molecular weight is 385 g/mol. The fourth-order valence-electron chi connectivity index (χ4n) is 2.87. The number of anilines is 1. The Bertz CT molecular complexity index is 990. The van der Waals surface area contributed by atoms with Crippen molar-refractivity contribution >= 4 is 23.4 Å². The first-order valence-corrected chi connectivity index (χ1v) is 9.60. The predicted molar refractivity (Wildman–Crippen MR) is 108 cm³/mol. The van der Waals surface area contributed by atoms with E-state index in [1.54, 1.807) is 4.68 Å². The summed E-state index contributed by atoms with van der Waals surface area (Å²) in [7, 11) is 3.78. The molecule has 0 saturated heterocycles. The lowest BCUT2D eigenvalue weighted by atomic mass is 10.1. The Labute approximate surface area is 163 Å². The van der Waals surface area contributed by atoms with Crippen LogP contribution in [0.4, 0.5) is 5.69 Å². The number of hydrogen-bond donors (Lipinski definition) is 1. The summed E-state index contributed by atoms with van der Waals surface area (Å²) >= 11 is 1.39. The second-order valence-electron chi connectivity index (χ2n) is 6.60. The van der Waals surface area contributed by atoms with Gasteiger partial charge in [0.05, 0.1) is 22.3 Å². The summed E-state index contributed by atoms with van der Waals surface area (Å²) < 4.78 is 3.69. The highest BCUT2D eigenvalue weighted by molar-refractivity contribution is 8.00. The van der Waals surface area contributed by atoms with Gasteiger partial charge in [-0.05, 0) is 33.3 Å². The van der Waals surface area contributed by atoms with Gasteiger partial charge in [0.2, 0.25) is 5.91 Å². The van der Waals surface area contributed by atoms with Crippen LogP contribution in [-0.4, -0.2) is 35.7 Å². The average Bonchev–Trinajstić information content (AvgIpc) is 3.10. The van der Waals surface area contributed by atoms with Crippen LogP contribution in [0, 0.1) is 20.8 Å². The Morgan fingerprint density at radius 3 is 2.48 bits per heavy atom. The predicted octanol–water partition coefficient (Wildman–Crippen LogP) is 3.26. The summed E-state index contributed by atoms with van der Waals surface area (Å²) in [6.07, 6.45) is 0. The molecule has 0 spiro atoms. The van der Waals surface area contributed by atoms with Gasteiger partial charge in [-0.3, -0.25) is 9.48 Å². The molecule has 2 heterocycles. The Hall–Kier alpha value is -2.61. The summed E-state index contributed by atoms with van der Waals surface area (Å²) in [5.74, 6) is 0.710. The van der Waals surface area contributed by atoms with E-state index in [4.69, 9.17) is 0 Å². The van der Waals surface area contributed by atoms with Crippen LogP contribution in [0.1, 0.15) is 23.9 Å². The van der Waals surface area contributed by atoms with Gasteiger partial charge in [-0.25, -0.2) is 0 Å². The molecule has 8 heteroatoms. The zero-order chi connectivity index (χ0) is 19.7. The van der Waals surface area contributed by atoms with Crippen LogP contribution >= 0.6 is 11.8 Å². The fourth-order valence-corrected chi connectivity index (χ4v) is 3.68. The molecule has 7 nitrogen and oxygen atoms in total. The van der Waals surface area contributed by atoms with E-state index >= 15 is 0 Å². The number of carbonyl (C=O) groups excluding carboxylic acids is 1. The van der Waals surface area contributed by atoms with Crippen LogP contribution in [0.5, 0.6) is 0 Å². The summed E-state index contributed by atoms with van der Waals surface area (Å²) in [4.78, 5) is 12.6. The van der Waals surface area contributed by atoms with Crippen molar-refractivity contribution in [3.8, 4) is 11.4 Å². The molecule has 0 radical (unpaired) electrons. The van der Waals surface area contributed by atoms with Gasteiger partial charge in [-0.1, -0.05) is 36.0 Å². The van der Waals surface area contributed by atoms with Gasteiger partial charge in [0, 0.05) is 19.7 Å². The zero-order valence-corrected chi connectivity index (χ0v) is 17.3. The third-order valence-corrected chi connectivity index (χ3v) is 5.76. The summed E-state index contributed by atoms with van der Waals surface area (Å²) in [5, 5.41) is 16.3. The van der Waals surface area contributed by atoms with Crippen molar-refractivity contribution in [3.63, 3.8) is 0 Å². The number of thioether (sulfide) groups is 1. The molecule has 1 atom stereocenters. The summed E-state index contributed by atoms with van der Waals surface area (Å²) in [6, 6.07) is 8.06. The van der Waals surface area contributed by atoms with Crippen LogP contribution < -0.4 is 5.32 Å². The smallest absolute Gasteiger partial charge is 0.237 e. The standard InChI is InChI=1S/C19H24N6OS/c1-11-9-7-8-10-15(11)17-21-22-19(24(17)5)27-14(4)18(26)20-16-12(2)23-25(6)13(16)3/h7-10,14H,1-6H3,(H,20,26)/t14-/m0/s1. The molecule has 27 heavy (non-hydrogen) atoms. The molecule has 0 bridgehead atoms. The van der Waals surface area contributed by atoms with Crippen LogP contribution in [-0.2, 0) is 18.9 Å². The van der Waals surface area contributed by atoms with Crippen molar-refractivity contribution in [3.05, 3.63) is 41.2 Å². The van der Waals surface area contributed by atoms with E-state index in [0.29, 0.717) is 5.16 Å². The number of hydrogen-bond acceptors (Lipinski definition) is 5. The Kier molecular flexibility index (Phi) is 5.36. The van der Waals surface area contributed by atoms with E-state index < -0.39 is 0 Å². The molecular formula is C19H24N6OS. The molecule has 3 aromatic rings. The van der Waals surface area contributed by atoms with Gasteiger partial charge in [0.1, 0.15) is 0 Å². The minimum absolute atomic E-state index is 0.0837. The number of aryl methyl sites for hydroxylation is 3. The topological polar surface area (TPSA) is 77.6 Å². The highest BCUT2D eigenvalue weighted by Crippen LogP contribution is 2.28. The molecule has 1 N–H and O–H groups in total. The van der Waals surface area contributed by atoms with Crippen LogP contribution in [0.3, 0.4) is 0 Å². The van der Waals surface area contributed by atoms with E-state index in [1.165, 1.54) is 11.8 Å². The van der Waals surface area contributed by atoms with Crippen molar-refractivity contribution in [1.29, 1.82) is 0 Å². The van der Waals surface area contributed by atoms with Gasteiger partial charge in [0.25, 0.3) is 0 Å². The molecular weight excluding hydrogens is 360 g/mol. The minimum Gasteiger partial charge on any atom is -0.322 e. The molecule has 0 aliphatic heterocycles. The van der Waals surface area contributed by atoms with E-state index in [-0.39, 0.29) is 11.2 Å². The second kappa shape index (κ2) is 7.56. The lowest BCUT2D eigenvalue weighted by Gasteiger charge is -2.12. The molecule has 0 saturated carbocycles. The lowest BCUT2D eigenvalue weighted by molar-refractivity contribution is -0.115. The van der Waals surface area contributed by atoms with Crippen molar-refractivity contribution in [2.45, 2.75) is 38.1 Å². The van der Waals surface area contributed by atoms with Crippen molar-refractivity contribution < 1.29 is 4.79 Å². The van der Waals surface area contributed by atoms with Crippen molar-refractivity contribution in [2.75, 3.05) is 5.32 Å². The highest BCUT2D eigenvalue weighted by atomic mass is 32.2. The van der Waals surface area contributed by atoms with Crippen LogP contribution in [0.2, 0.25) is 0 Å². The first kappa shape index (κ1) is 19.2. The number of amides is 1. The summed E-state index contributed by atoms with van der Waals surface area (Å²) in [6.45, 7) is 7.73. The largest absolute Gasteiger partial charge is 0.322 e. The zero-order valence-electron chi connectivity index (χ0n) is 16.4. The third kappa shape index (κ3) is 3.75. The molecule has 3 rings (SSSR count). The first-order chi connectivity index (χ1) is 12.8. The normalized spacial score (nSPS) is 12.2. The highest BCUT2D eigenvalue weighted by Gasteiger charge is 2.22. The minimum atomic E-state index is -0.323. The quantitative estimate of drug-likeness (QED) is 0.683. The Morgan fingerprint density at radius 1 is 1.15 bits per heavy atom. The number of nitrogens with zero attached hydrogens (tertiary/aromatic N) is 5. The van der Waals surface area contributed by atoms with Gasteiger partial charge < -0.3 is 9.88 Å². The fraction of sp³-hybridized carbons (Fsp3) is 0.368. The van der Waals surface area contributed by atoms with Gasteiger partial charge >= 0.3 is 0 Å².